The molecule has 3 nitrogen and oxygen atoms in total. The fourth-order valence-electron chi connectivity index (χ4n) is 4.98. The first-order chi connectivity index (χ1) is 15.2. The van der Waals surface area contributed by atoms with Gasteiger partial charge in [-0.15, -0.1) is 0 Å². The van der Waals surface area contributed by atoms with Gasteiger partial charge in [-0.05, 0) is 87.2 Å². The molecule has 0 amide bonds. The van der Waals surface area contributed by atoms with Crippen molar-refractivity contribution in [2.24, 2.45) is 11.8 Å². The Labute approximate surface area is 188 Å². The first-order valence-corrected chi connectivity index (χ1v) is 12.2. The topological polar surface area (TPSA) is 50.1 Å². The van der Waals surface area contributed by atoms with Crippen LogP contribution in [0.5, 0.6) is 0 Å². The molecule has 1 aromatic rings. The average Bonchev–Trinajstić information content (AvgIpc) is 2.82. The highest BCUT2D eigenvalue weighted by molar-refractivity contribution is 5.72. The largest absolute Gasteiger partial charge is 0.462 e. The number of allylic oxidation sites excluding steroid dienone is 4. The molecule has 166 valence electrons. The molecule has 2 saturated carbocycles. The van der Waals surface area contributed by atoms with Gasteiger partial charge < -0.3 is 4.74 Å². The summed E-state index contributed by atoms with van der Waals surface area (Å²) in [4.78, 5) is 12.7. The number of ether oxygens (including phenoxy) is 1. The molecule has 2 aliphatic rings. The molecule has 1 aromatic carbocycles. The third-order valence-corrected chi connectivity index (χ3v) is 7.00. The van der Waals surface area contributed by atoms with Crippen molar-refractivity contribution in [3.8, 4) is 6.07 Å². The van der Waals surface area contributed by atoms with Gasteiger partial charge in [0.15, 0.2) is 0 Å². The number of hydrogen-bond acceptors (Lipinski definition) is 3. The third-order valence-electron chi connectivity index (χ3n) is 7.00. The van der Waals surface area contributed by atoms with Crippen LogP contribution in [0.15, 0.2) is 48.6 Å². The smallest absolute Gasteiger partial charge is 0.309 e. The van der Waals surface area contributed by atoms with Crippen molar-refractivity contribution < 1.29 is 9.53 Å². The molecular formula is C28H37NO2. The van der Waals surface area contributed by atoms with E-state index in [-0.39, 0.29) is 18.0 Å². The van der Waals surface area contributed by atoms with E-state index in [2.05, 4.69) is 37.3 Å². The fraction of sp³-hybridized carbons (Fsp3) is 0.571. The Morgan fingerprint density at radius 1 is 1.03 bits per heavy atom. The summed E-state index contributed by atoms with van der Waals surface area (Å²) in [5.74, 6) is 1.22. The molecule has 0 radical (unpaired) electrons. The Morgan fingerprint density at radius 3 is 2.39 bits per heavy atom. The number of unbranched alkanes of at least 4 members (excludes halogenated alkanes) is 1. The van der Waals surface area contributed by atoms with E-state index in [4.69, 9.17) is 10.00 Å². The van der Waals surface area contributed by atoms with Crippen LogP contribution in [0.25, 0.3) is 0 Å². The molecule has 0 unspecified atom stereocenters. The zero-order valence-corrected chi connectivity index (χ0v) is 19.0. The molecular weight excluding hydrogens is 382 g/mol. The molecule has 3 heteroatoms. The number of carbonyl (C=O) groups is 1. The average molecular weight is 420 g/mol. The van der Waals surface area contributed by atoms with Gasteiger partial charge in [0.2, 0.25) is 0 Å². The maximum absolute atomic E-state index is 12.7. The molecule has 2 fully saturated rings. The molecule has 0 saturated heterocycles. The minimum Gasteiger partial charge on any atom is -0.462 e. The summed E-state index contributed by atoms with van der Waals surface area (Å²) in [5.41, 5.74) is 2.87. The summed E-state index contributed by atoms with van der Waals surface area (Å²) in [6.45, 7) is 2.23. The highest BCUT2D eigenvalue weighted by atomic mass is 16.5. The monoisotopic (exact) mass is 419 g/mol. The second-order valence-corrected chi connectivity index (χ2v) is 9.24. The van der Waals surface area contributed by atoms with E-state index in [1.54, 1.807) is 6.08 Å². The zero-order chi connectivity index (χ0) is 21.9. The Morgan fingerprint density at radius 2 is 1.74 bits per heavy atom. The van der Waals surface area contributed by atoms with Gasteiger partial charge in [0.05, 0.1) is 12.0 Å². The molecule has 0 aliphatic heterocycles. The van der Waals surface area contributed by atoms with Crippen LogP contribution >= 0.6 is 0 Å². The van der Waals surface area contributed by atoms with Gasteiger partial charge in [-0.25, -0.2) is 0 Å². The zero-order valence-electron chi connectivity index (χ0n) is 19.0. The SMILES string of the molecule is CCCCc1ccc([C@H]2CC[C@H](C(=O)O[C@H]3CC[C@H](C=CC=CC#N)CC3)CC2)cc1. The van der Waals surface area contributed by atoms with E-state index in [0.717, 1.165) is 51.4 Å². The van der Waals surface area contributed by atoms with Crippen LogP contribution in [-0.4, -0.2) is 12.1 Å². The van der Waals surface area contributed by atoms with Gasteiger partial charge in [-0.3, -0.25) is 4.79 Å². The Hall–Kier alpha value is -2.34. The van der Waals surface area contributed by atoms with Crippen molar-refractivity contribution in [2.45, 2.75) is 89.6 Å². The lowest BCUT2D eigenvalue weighted by Crippen LogP contribution is -2.29. The maximum Gasteiger partial charge on any atom is 0.309 e. The van der Waals surface area contributed by atoms with Crippen LogP contribution in [-0.2, 0) is 16.0 Å². The Balaban J connectivity index is 1.38. The van der Waals surface area contributed by atoms with E-state index in [0.29, 0.717) is 11.8 Å². The van der Waals surface area contributed by atoms with Gasteiger partial charge in [0, 0.05) is 6.08 Å². The Kier molecular flexibility index (Phi) is 9.40. The second-order valence-electron chi connectivity index (χ2n) is 9.24. The maximum atomic E-state index is 12.7. The number of hydrogen-bond donors (Lipinski definition) is 0. The molecule has 0 spiro atoms. The van der Waals surface area contributed by atoms with E-state index in [1.807, 2.05) is 12.1 Å². The number of nitrogens with zero attached hydrogens (tertiary/aromatic N) is 1. The van der Waals surface area contributed by atoms with Crippen LogP contribution < -0.4 is 0 Å². The molecule has 0 heterocycles. The number of rotatable bonds is 8. The van der Waals surface area contributed by atoms with E-state index in [1.165, 1.54) is 36.5 Å². The minimum absolute atomic E-state index is 0.0318. The summed E-state index contributed by atoms with van der Waals surface area (Å²) in [6.07, 6.45) is 19.2. The summed E-state index contributed by atoms with van der Waals surface area (Å²) in [7, 11) is 0. The third kappa shape index (κ3) is 7.39. The highest BCUT2D eigenvalue weighted by Crippen LogP contribution is 2.37. The van der Waals surface area contributed by atoms with E-state index >= 15 is 0 Å². The molecule has 31 heavy (non-hydrogen) atoms. The molecule has 3 rings (SSSR count). The molecule has 0 N–H and O–H groups in total. The normalized spacial score (nSPS) is 26.7. The van der Waals surface area contributed by atoms with Gasteiger partial charge in [-0.2, -0.15) is 5.26 Å². The first kappa shape index (κ1) is 23.3. The van der Waals surface area contributed by atoms with Crippen LogP contribution in [0.3, 0.4) is 0 Å². The van der Waals surface area contributed by atoms with E-state index in [9.17, 15) is 4.79 Å². The predicted octanol–water partition coefficient (Wildman–Crippen LogP) is 7.04. The summed E-state index contributed by atoms with van der Waals surface area (Å²) >= 11 is 0. The lowest BCUT2D eigenvalue weighted by atomic mass is 9.78. The fourth-order valence-corrected chi connectivity index (χ4v) is 4.98. The van der Waals surface area contributed by atoms with Gasteiger partial charge in [0.1, 0.15) is 6.10 Å². The first-order valence-electron chi connectivity index (χ1n) is 12.2. The quantitative estimate of drug-likeness (QED) is 0.258. The van der Waals surface area contributed by atoms with Crippen molar-refractivity contribution in [3.05, 3.63) is 59.7 Å². The van der Waals surface area contributed by atoms with E-state index < -0.39 is 0 Å². The summed E-state index contributed by atoms with van der Waals surface area (Å²) in [5, 5.41) is 8.52. The van der Waals surface area contributed by atoms with Crippen molar-refractivity contribution in [1.82, 2.24) is 0 Å². The minimum atomic E-state index is 0.0318. The van der Waals surface area contributed by atoms with Gasteiger partial charge in [0.25, 0.3) is 0 Å². The number of benzene rings is 1. The highest BCUT2D eigenvalue weighted by Gasteiger charge is 2.30. The van der Waals surface area contributed by atoms with Crippen molar-refractivity contribution >= 4 is 5.97 Å². The van der Waals surface area contributed by atoms with Crippen LogP contribution in [0, 0.1) is 23.2 Å². The summed E-state index contributed by atoms with van der Waals surface area (Å²) < 4.78 is 5.90. The van der Waals surface area contributed by atoms with Crippen molar-refractivity contribution in [1.29, 1.82) is 5.26 Å². The molecule has 2 aliphatic carbocycles. The van der Waals surface area contributed by atoms with Crippen molar-refractivity contribution in [3.63, 3.8) is 0 Å². The lowest BCUT2D eigenvalue weighted by Gasteiger charge is -2.31. The Bertz CT molecular complexity index is 770. The van der Waals surface area contributed by atoms with Crippen LogP contribution in [0.2, 0.25) is 0 Å². The number of nitriles is 1. The molecule has 0 atom stereocenters. The van der Waals surface area contributed by atoms with Crippen molar-refractivity contribution in [2.75, 3.05) is 0 Å². The molecule has 0 bridgehead atoms. The number of aryl methyl sites for hydroxylation is 1. The second kappa shape index (κ2) is 12.5. The van der Waals surface area contributed by atoms with Crippen LogP contribution in [0.4, 0.5) is 0 Å². The van der Waals surface area contributed by atoms with Gasteiger partial charge >= 0.3 is 5.97 Å². The number of carbonyl (C=O) groups excluding carboxylic acids is 1. The van der Waals surface area contributed by atoms with Gasteiger partial charge in [-0.1, -0.05) is 55.8 Å². The molecule has 0 aromatic heterocycles. The summed E-state index contributed by atoms with van der Waals surface area (Å²) in [6, 6.07) is 11.2. The lowest BCUT2D eigenvalue weighted by molar-refractivity contribution is -0.157. The predicted molar refractivity (Wildman–Crippen MR) is 125 cm³/mol. The number of esters is 1. The van der Waals surface area contributed by atoms with Crippen LogP contribution in [0.1, 0.15) is 88.2 Å². The standard InChI is InChI=1S/C28H37NO2/c1-2-3-7-22-9-13-24(14-10-22)25-15-17-26(18-16-25)28(30)31-27-19-11-23(12-20-27)8-5-4-6-21-29/h4-6,8-10,13-14,23,25-27H,2-3,7,11-12,15-20H2,1H3/t23-,25-,26-,27-.